The molecule has 1 heterocycles. The number of allylic oxidation sites excluding steroid dienone is 3. The average molecular weight is 351 g/mol. The number of aliphatic hydroxyl groups is 1. The molecule has 1 N–H and O–H groups in total. The molecule has 0 fully saturated rings. The minimum atomic E-state index is -3.78. The van der Waals surface area contributed by atoms with Crippen molar-refractivity contribution in [1.82, 2.24) is 3.97 Å². The highest BCUT2D eigenvalue weighted by molar-refractivity contribution is 7.90. The molecule has 0 saturated heterocycles. The normalized spacial score (nSPS) is 18.9. The SMILES string of the molecule is Cc1ccc(S(=O)(=O)n2ccc3c2C(O)CC2=C(C#C3)CC=C2)cc1. The number of aromatic nitrogens is 1. The highest BCUT2D eigenvalue weighted by Crippen LogP contribution is 2.33. The zero-order valence-electron chi connectivity index (χ0n) is 13.7. The quantitative estimate of drug-likeness (QED) is 0.846. The van der Waals surface area contributed by atoms with E-state index >= 15 is 0 Å². The average Bonchev–Trinajstić information content (AvgIpc) is 3.18. The Balaban J connectivity index is 1.84. The Bertz CT molecular complexity index is 1070. The lowest BCUT2D eigenvalue weighted by Crippen LogP contribution is -2.18. The summed E-state index contributed by atoms with van der Waals surface area (Å²) in [5.74, 6) is 6.15. The van der Waals surface area contributed by atoms with Crippen LogP contribution in [0.15, 0.2) is 64.7 Å². The van der Waals surface area contributed by atoms with E-state index in [1.54, 1.807) is 30.3 Å². The van der Waals surface area contributed by atoms with E-state index in [2.05, 4.69) is 11.8 Å². The maximum atomic E-state index is 13.0. The van der Waals surface area contributed by atoms with Gasteiger partial charge < -0.3 is 5.11 Å². The maximum absolute atomic E-state index is 13.0. The second-order valence-corrected chi connectivity index (χ2v) is 8.12. The molecule has 2 aliphatic rings. The molecule has 5 heteroatoms. The van der Waals surface area contributed by atoms with Crippen molar-refractivity contribution in [2.75, 3.05) is 0 Å². The van der Waals surface area contributed by atoms with Crippen LogP contribution in [0.25, 0.3) is 0 Å². The summed E-state index contributed by atoms with van der Waals surface area (Å²) >= 11 is 0. The fourth-order valence-corrected chi connectivity index (χ4v) is 4.62. The first kappa shape index (κ1) is 15.9. The lowest BCUT2D eigenvalue weighted by atomic mass is 9.98. The van der Waals surface area contributed by atoms with Crippen molar-refractivity contribution in [2.45, 2.75) is 30.8 Å². The van der Waals surface area contributed by atoms with E-state index in [4.69, 9.17) is 0 Å². The molecule has 0 amide bonds. The van der Waals surface area contributed by atoms with Crippen LogP contribution in [0.3, 0.4) is 0 Å². The summed E-state index contributed by atoms with van der Waals surface area (Å²) in [5.41, 5.74) is 3.85. The second kappa shape index (κ2) is 5.76. The Morgan fingerprint density at radius 1 is 1.16 bits per heavy atom. The molecule has 1 unspecified atom stereocenters. The van der Waals surface area contributed by atoms with Crippen molar-refractivity contribution in [3.05, 3.63) is 76.6 Å². The van der Waals surface area contributed by atoms with Crippen LogP contribution in [-0.4, -0.2) is 17.5 Å². The molecule has 4 rings (SSSR count). The molecule has 0 spiro atoms. The van der Waals surface area contributed by atoms with Crippen molar-refractivity contribution in [1.29, 1.82) is 0 Å². The molecule has 0 aliphatic heterocycles. The van der Waals surface area contributed by atoms with Gasteiger partial charge in [-0.15, -0.1) is 0 Å². The van der Waals surface area contributed by atoms with Gasteiger partial charge in [0.2, 0.25) is 0 Å². The van der Waals surface area contributed by atoms with Crippen molar-refractivity contribution in [2.24, 2.45) is 0 Å². The first-order chi connectivity index (χ1) is 12.0. The summed E-state index contributed by atoms with van der Waals surface area (Å²) in [5, 5.41) is 10.7. The number of aryl methyl sites for hydroxylation is 1. The van der Waals surface area contributed by atoms with E-state index in [1.165, 1.54) is 6.20 Å². The lowest BCUT2D eigenvalue weighted by Gasteiger charge is -2.18. The van der Waals surface area contributed by atoms with Crippen molar-refractivity contribution >= 4 is 10.0 Å². The molecule has 1 aromatic heterocycles. The molecule has 4 nitrogen and oxygen atoms in total. The van der Waals surface area contributed by atoms with Crippen LogP contribution in [0, 0.1) is 18.8 Å². The maximum Gasteiger partial charge on any atom is 0.267 e. The van der Waals surface area contributed by atoms with Gasteiger partial charge >= 0.3 is 0 Å². The monoisotopic (exact) mass is 351 g/mol. The molecule has 1 atom stereocenters. The number of rotatable bonds is 2. The Labute approximate surface area is 147 Å². The summed E-state index contributed by atoms with van der Waals surface area (Å²) in [6, 6.07) is 8.34. The number of benzene rings is 1. The standard InChI is InChI=1S/C20H17NO3S/c1-14-5-9-18(10-6-14)25(23,24)21-12-11-16-8-7-15-3-2-4-17(15)13-19(22)20(16)21/h2,4-6,9-12,19,22H,3,13H2,1H3. The van der Waals surface area contributed by atoms with E-state index < -0.39 is 16.1 Å². The van der Waals surface area contributed by atoms with Gasteiger partial charge in [0, 0.05) is 23.8 Å². The summed E-state index contributed by atoms with van der Waals surface area (Å²) < 4.78 is 27.2. The van der Waals surface area contributed by atoms with E-state index in [9.17, 15) is 13.5 Å². The van der Waals surface area contributed by atoms with Crippen molar-refractivity contribution in [3.8, 4) is 11.8 Å². The van der Waals surface area contributed by atoms with E-state index in [1.807, 2.05) is 19.1 Å². The molecule has 2 aliphatic carbocycles. The zero-order valence-corrected chi connectivity index (χ0v) is 14.5. The number of aliphatic hydroxyl groups excluding tert-OH is 1. The van der Waals surface area contributed by atoms with E-state index in [-0.39, 0.29) is 4.90 Å². The van der Waals surface area contributed by atoms with Gasteiger partial charge in [-0.25, -0.2) is 12.4 Å². The second-order valence-electron chi connectivity index (χ2n) is 6.31. The fourth-order valence-electron chi connectivity index (χ4n) is 3.21. The minimum absolute atomic E-state index is 0.194. The van der Waals surface area contributed by atoms with Crippen molar-refractivity contribution < 1.29 is 13.5 Å². The van der Waals surface area contributed by atoms with Crippen LogP contribution < -0.4 is 0 Å². The van der Waals surface area contributed by atoms with Gasteiger partial charge in [-0.3, -0.25) is 0 Å². The van der Waals surface area contributed by atoms with Crippen LogP contribution in [0.1, 0.15) is 35.8 Å². The Kier molecular flexibility index (Phi) is 3.68. The molecule has 0 radical (unpaired) electrons. The predicted molar refractivity (Wildman–Crippen MR) is 95.4 cm³/mol. The molecule has 0 saturated carbocycles. The first-order valence-electron chi connectivity index (χ1n) is 8.09. The molecule has 25 heavy (non-hydrogen) atoms. The summed E-state index contributed by atoms with van der Waals surface area (Å²) in [4.78, 5) is 0.194. The van der Waals surface area contributed by atoms with Gasteiger partial charge in [0.15, 0.2) is 0 Å². The third-order valence-electron chi connectivity index (χ3n) is 4.57. The predicted octanol–water partition coefficient (Wildman–Crippen LogP) is 3.08. The lowest BCUT2D eigenvalue weighted by molar-refractivity contribution is 0.173. The summed E-state index contributed by atoms with van der Waals surface area (Å²) in [6.45, 7) is 1.90. The van der Waals surface area contributed by atoms with Gasteiger partial charge in [0.25, 0.3) is 10.0 Å². The van der Waals surface area contributed by atoms with Crippen LogP contribution in [0.2, 0.25) is 0 Å². The molecule has 0 bridgehead atoms. The number of hydrogen-bond donors (Lipinski definition) is 1. The van der Waals surface area contributed by atoms with E-state index in [0.717, 1.165) is 27.1 Å². The van der Waals surface area contributed by atoms with Crippen molar-refractivity contribution in [3.63, 3.8) is 0 Å². The van der Waals surface area contributed by atoms with Gasteiger partial charge in [0.05, 0.1) is 10.6 Å². The number of fused-ring (bicyclic) bond motifs is 1. The Hall–Kier alpha value is -2.55. The number of hydrogen-bond acceptors (Lipinski definition) is 3. The van der Waals surface area contributed by atoms with Gasteiger partial charge in [-0.2, -0.15) is 0 Å². The Morgan fingerprint density at radius 3 is 2.68 bits per heavy atom. The van der Waals surface area contributed by atoms with Crippen LogP contribution in [0.5, 0.6) is 0 Å². The van der Waals surface area contributed by atoms with Gasteiger partial charge in [-0.05, 0) is 37.1 Å². The summed E-state index contributed by atoms with van der Waals surface area (Å²) in [6.07, 6.45) is 5.66. The topological polar surface area (TPSA) is 59.3 Å². The third kappa shape index (κ3) is 2.64. The molecule has 2 aromatic rings. The number of nitrogens with zero attached hydrogens (tertiary/aromatic N) is 1. The van der Waals surface area contributed by atoms with Gasteiger partial charge in [-0.1, -0.05) is 41.7 Å². The smallest absolute Gasteiger partial charge is 0.267 e. The first-order valence-corrected chi connectivity index (χ1v) is 9.53. The minimum Gasteiger partial charge on any atom is -0.386 e. The van der Waals surface area contributed by atoms with E-state index in [0.29, 0.717) is 17.7 Å². The summed E-state index contributed by atoms with van der Waals surface area (Å²) in [7, 11) is -3.78. The molecular formula is C20H17NO3S. The van der Waals surface area contributed by atoms with Gasteiger partial charge in [0.1, 0.15) is 6.10 Å². The largest absolute Gasteiger partial charge is 0.386 e. The molecular weight excluding hydrogens is 334 g/mol. The fraction of sp³-hybridized carbons (Fsp3) is 0.200. The van der Waals surface area contributed by atoms with Crippen LogP contribution in [0.4, 0.5) is 0 Å². The Morgan fingerprint density at radius 2 is 1.92 bits per heavy atom. The highest BCUT2D eigenvalue weighted by Gasteiger charge is 2.27. The van der Waals surface area contributed by atoms with Crippen LogP contribution in [-0.2, 0) is 10.0 Å². The zero-order chi connectivity index (χ0) is 17.6. The molecule has 126 valence electrons. The van der Waals surface area contributed by atoms with Crippen LogP contribution >= 0.6 is 0 Å². The third-order valence-corrected chi connectivity index (χ3v) is 6.28. The highest BCUT2D eigenvalue weighted by atomic mass is 32.2. The molecule has 1 aromatic carbocycles.